The van der Waals surface area contributed by atoms with Gasteiger partial charge in [0.05, 0.1) is 12.6 Å². The SMILES string of the molecule is COc1ccc2[nH]c(-c3ccc(CCl)cc3)nc2n1. The molecule has 0 amide bonds. The second kappa shape index (κ2) is 4.90. The van der Waals surface area contributed by atoms with E-state index in [1.165, 1.54) is 0 Å². The Balaban J connectivity index is 2.04. The lowest BCUT2D eigenvalue weighted by Gasteiger charge is -1.98. The summed E-state index contributed by atoms with van der Waals surface area (Å²) in [6.07, 6.45) is 0. The molecule has 0 saturated heterocycles. The van der Waals surface area contributed by atoms with Crippen molar-refractivity contribution in [2.75, 3.05) is 7.11 Å². The van der Waals surface area contributed by atoms with E-state index in [0.717, 1.165) is 22.5 Å². The van der Waals surface area contributed by atoms with E-state index in [1.807, 2.05) is 30.3 Å². The van der Waals surface area contributed by atoms with Crippen LogP contribution in [0.1, 0.15) is 5.56 Å². The summed E-state index contributed by atoms with van der Waals surface area (Å²) in [5.74, 6) is 1.86. The second-order valence-electron chi connectivity index (χ2n) is 4.14. The number of imidazole rings is 1. The van der Waals surface area contributed by atoms with Crippen LogP contribution in [0.4, 0.5) is 0 Å². The highest BCUT2D eigenvalue weighted by atomic mass is 35.5. The predicted molar refractivity (Wildman–Crippen MR) is 75.4 cm³/mol. The molecule has 0 saturated carbocycles. The number of rotatable bonds is 3. The molecule has 5 heteroatoms. The molecule has 4 nitrogen and oxygen atoms in total. The van der Waals surface area contributed by atoms with Gasteiger partial charge in [0.1, 0.15) is 5.82 Å². The normalized spacial score (nSPS) is 10.8. The molecule has 0 aliphatic carbocycles. The Bertz CT molecular complexity index is 706. The highest BCUT2D eigenvalue weighted by Crippen LogP contribution is 2.21. The number of pyridine rings is 1. The van der Waals surface area contributed by atoms with Crippen molar-refractivity contribution in [3.05, 3.63) is 42.0 Å². The quantitative estimate of drug-likeness (QED) is 0.745. The zero-order chi connectivity index (χ0) is 13.2. The second-order valence-corrected chi connectivity index (χ2v) is 4.41. The van der Waals surface area contributed by atoms with Crippen LogP contribution in [-0.4, -0.2) is 22.1 Å². The molecule has 0 aliphatic heterocycles. The minimum atomic E-state index is 0.513. The molecule has 3 aromatic rings. The van der Waals surface area contributed by atoms with Crippen molar-refractivity contribution in [1.82, 2.24) is 15.0 Å². The first kappa shape index (κ1) is 12.0. The number of fused-ring (bicyclic) bond motifs is 1. The summed E-state index contributed by atoms with van der Waals surface area (Å²) in [6.45, 7) is 0. The predicted octanol–water partition coefficient (Wildman–Crippen LogP) is 3.37. The zero-order valence-corrected chi connectivity index (χ0v) is 11.1. The van der Waals surface area contributed by atoms with Gasteiger partial charge in [0.25, 0.3) is 0 Å². The fraction of sp³-hybridized carbons (Fsp3) is 0.143. The first-order valence-corrected chi connectivity index (χ1v) is 6.39. The van der Waals surface area contributed by atoms with Gasteiger partial charge in [-0.05, 0) is 11.6 Å². The number of ether oxygens (including phenoxy) is 1. The van der Waals surface area contributed by atoms with Crippen LogP contribution in [0.15, 0.2) is 36.4 Å². The van der Waals surface area contributed by atoms with Crippen molar-refractivity contribution in [2.24, 2.45) is 0 Å². The highest BCUT2D eigenvalue weighted by molar-refractivity contribution is 6.17. The van der Waals surface area contributed by atoms with Crippen molar-refractivity contribution in [3.8, 4) is 17.3 Å². The van der Waals surface area contributed by atoms with E-state index < -0.39 is 0 Å². The summed E-state index contributed by atoms with van der Waals surface area (Å²) < 4.78 is 5.09. The standard InChI is InChI=1S/C14H12ClN3O/c1-19-12-7-6-11-14(17-12)18-13(16-11)10-4-2-9(8-15)3-5-10/h2-7H,8H2,1H3,(H,16,17,18). The van der Waals surface area contributed by atoms with E-state index in [2.05, 4.69) is 15.0 Å². The third kappa shape index (κ3) is 2.27. The van der Waals surface area contributed by atoms with Gasteiger partial charge in [-0.3, -0.25) is 0 Å². The van der Waals surface area contributed by atoms with E-state index in [1.54, 1.807) is 13.2 Å². The number of aromatic amines is 1. The van der Waals surface area contributed by atoms with Crippen LogP contribution in [0.5, 0.6) is 5.88 Å². The summed E-state index contributed by atoms with van der Waals surface area (Å²) in [5.41, 5.74) is 3.63. The Morgan fingerprint density at radius 1 is 1.11 bits per heavy atom. The molecule has 3 rings (SSSR count). The van der Waals surface area contributed by atoms with Crippen molar-refractivity contribution < 1.29 is 4.74 Å². The molecule has 0 fully saturated rings. The minimum absolute atomic E-state index is 0.513. The zero-order valence-electron chi connectivity index (χ0n) is 10.4. The van der Waals surface area contributed by atoms with E-state index in [9.17, 15) is 0 Å². The van der Waals surface area contributed by atoms with Crippen LogP contribution in [0.3, 0.4) is 0 Å². The molecule has 19 heavy (non-hydrogen) atoms. The summed E-state index contributed by atoms with van der Waals surface area (Å²) in [4.78, 5) is 12.0. The molecule has 0 atom stereocenters. The summed E-state index contributed by atoms with van der Waals surface area (Å²) in [7, 11) is 1.59. The van der Waals surface area contributed by atoms with Crippen LogP contribution in [0.2, 0.25) is 0 Å². The molecular formula is C14H12ClN3O. The van der Waals surface area contributed by atoms with E-state index in [4.69, 9.17) is 16.3 Å². The maximum atomic E-state index is 5.78. The average molecular weight is 274 g/mol. The van der Waals surface area contributed by atoms with Crippen LogP contribution in [0.25, 0.3) is 22.6 Å². The topological polar surface area (TPSA) is 50.8 Å². The first-order chi connectivity index (χ1) is 9.30. The lowest BCUT2D eigenvalue weighted by Crippen LogP contribution is -1.86. The lowest BCUT2D eigenvalue weighted by atomic mass is 10.1. The molecule has 0 bridgehead atoms. The molecule has 2 heterocycles. The number of methoxy groups -OCH3 is 1. The molecular weight excluding hydrogens is 262 g/mol. The number of aromatic nitrogens is 3. The first-order valence-electron chi connectivity index (χ1n) is 5.86. The number of hydrogen-bond acceptors (Lipinski definition) is 3. The van der Waals surface area contributed by atoms with Gasteiger partial charge >= 0.3 is 0 Å². The summed E-state index contributed by atoms with van der Waals surface area (Å²) in [6, 6.07) is 11.7. The maximum Gasteiger partial charge on any atom is 0.215 e. The molecule has 0 unspecified atom stereocenters. The lowest BCUT2D eigenvalue weighted by molar-refractivity contribution is 0.399. The van der Waals surface area contributed by atoms with Crippen molar-refractivity contribution in [1.29, 1.82) is 0 Å². The van der Waals surface area contributed by atoms with Crippen LogP contribution in [-0.2, 0) is 5.88 Å². The number of nitrogens with zero attached hydrogens (tertiary/aromatic N) is 2. The fourth-order valence-electron chi connectivity index (χ4n) is 1.88. The van der Waals surface area contributed by atoms with E-state index in [-0.39, 0.29) is 0 Å². The molecule has 1 aromatic carbocycles. The van der Waals surface area contributed by atoms with Gasteiger partial charge in [0.2, 0.25) is 5.88 Å². The van der Waals surface area contributed by atoms with Gasteiger partial charge in [0, 0.05) is 17.5 Å². The fourth-order valence-corrected chi connectivity index (χ4v) is 2.06. The Hall–Kier alpha value is -2.07. The average Bonchev–Trinajstić information content (AvgIpc) is 2.90. The number of halogens is 1. The van der Waals surface area contributed by atoms with E-state index in [0.29, 0.717) is 17.4 Å². The number of nitrogens with one attached hydrogen (secondary N) is 1. The monoisotopic (exact) mass is 273 g/mol. The van der Waals surface area contributed by atoms with Crippen molar-refractivity contribution in [3.63, 3.8) is 0 Å². The largest absolute Gasteiger partial charge is 0.481 e. The number of hydrogen-bond donors (Lipinski definition) is 1. The summed E-state index contributed by atoms with van der Waals surface area (Å²) in [5, 5.41) is 0. The maximum absolute atomic E-state index is 5.78. The smallest absolute Gasteiger partial charge is 0.215 e. The van der Waals surface area contributed by atoms with Crippen LogP contribution in [0, 0.1) is 0 Å². The number of benzene rings is 1. The molecule has 1 N–H and O–H groups in total. The van der Waals surface area contributed by atoms with Crippen LogP contribution >= 0.6 is 11.6 Å². The van der Waals surface area contributed by atoms with Crippen LogP contribution < -0.4 is 4.74 Å². The van der Waals surface area contributed by atoms with Gasteiger partial charge in [-0.15, -0.1) is 11.6 Å². The Morgan fingerprint density at radius 2 is 1.89 bits per heavy atom. The number of H-pyrrole nitrogens is 1. The molecule has 0 spiro atoms. The molecule has 96 valence electrons. The molecule has 0 radical (unpaired) electrons. The third-order valence-electron chi connectivity index (χ3n) is 2.91. The highest BCUT2D eigenvalue weighted by Gasteiger charge is 2.07. The Morgan fingerprint density at radius 3 is 2.58 bits per heavy atom. The molecule has 0 aliphatic rings. The van der Waals surface area contributed by atoms with E-state index >= 15 is 0 Å². The Labute approximate surface area is 115 Å². The minimum Gasteiger partial charge on any atom is -0.481 e. The van der Waals surface area contributed by atoms with Gasteiger partial charge in [-0.1, -0.05) is 24.3 Å². The molecule has 2 aromatic heterocycles. The van der Waals surface area contributed by atoms with Gasteiger partial charge < -0.3 is 9.72 Å². The summed E-state index contributed by atoms with van der Waals surface area (Å²) >= 11 is 5.78. The Kier molecular flexibility index (Phi) is 3.09. The van der Waals surface area contributed by atoms with Gasteiger partial charge in [-0.2, -0.15) is 4.98 Å². The number of alkyl halides is 1. The van der Waals surface area contributed by atoms with Gasteiger partial charge in [0.15, 0.2) is 5.65 Å². The third-order valence-corrected chi connectivity index (χ3v) is 3.22. The van der Waals surface area contributed by atoms with Crippen molar-refractivity contribution in [2.45, 2.75) is 5.88 Å². The van der Waals surface area contributed by atoms with Crippen molar-refractivity contribution >= 4 is 22.8 Å². The van der Waals surface area contributed by atoms with Gasteiger partial charge in [-0.25, -0.2) is 4.98 Å².